The molecule has 0 amide bonds. The molecule has 0 fully saturated rings. The normalized spacial score (nSPS) is 11.2. The molecule has 0 saturated carbocycles. The van der Waals surface area contributed by atoms with E-state index in [2.05, 4.69) is 45.8 Å². The zero-order valence-electron chi connectivity index (χ0n) is 16.1. The van der Waals surface area contributed by atoms with E-state index in [1.807, 2.05) is 30.7 Å². The average Bonchev–Trinajstić information content (AvgIpc) is 2.96. The first-order valence-electron chi connectivity index (χ1n) is 8.79. The Morgan fingerprint density at radius 3 is 2.65 bits per heavy atom. The zero-order valence-corrected chi connectivity index (χ0v) is 18.4. The summed E-state index contributed by atoms with van der Waals surface area (Å²) in [5.74, 6) is 0.791. The monoisotopic (exact) mass is 471 g/mol. The Balaban J connectivity index is 0.00000338. The number of aromatic nitrogens is 2. The molecule has 1 heterocycles. The van der Waals surface area contributed by atoms with Crippen molar-refractivity contribution >= 4 is 29.9 Å². The van der Waals surface area contributed by atoms with E-state index >= 15 is 0 Å². The maximum atomic E-state index is 5.35. The van der Waals surface area contributed by atoms with Gasteiger partial charge in [-0.25, -0.2) is 4.68 Å². The number of ether oxygens (including phenoxy) is 1. The molecule has 0 aliphatic rings. The Bertz CT molecular complexity index is 699. The molecule has 7 heteroatoms. The number of para-hydroxylation sites is 1. The fourth-order valence-corrected chi connectivity index (χ4v) is 2.66. The number of hydrogen-bond acceptors (Lipinski definition) is 3. The number of hydrogen-bond donors (Lipinski definition) is 2. The minimum absolute atomic E-state index is 0. The first kappa shape index (κ1) is 22.4. The molecule has 2 rings (SSSR count). The summed E-state index contributed by atoms with van der Waals surface area (Å²) in [6.45, 7) is 9.13. The predicted octanol–water partition coefficient (Wildman–Crippen LogP) is 3.20. The highest BCUT2D eigenvalue weighted by molar-refractivity contribution is 14.0. The summed E-state index contributed by atoms with van der Waals surface area (Å²) in [6, 6.07) is 10.4. The number of rotatable bonds is 8. The second kappa shape index (κ2) is 11.9. The third kappa shape index (κ3) is 6.60. The first-order valence-corrected chi connectivity index (χ1v) is 8.79. The number of nitrogens with zero attached hydrogens (tertiary/aromatic N) is 3. The lowest BCUT2D eigenvalue weighted by molar-refractivity contribution is 0.145. The fraction of sp³-hybridized carbons (Fsp3) is 0.474. The van der Waals surface area contributed by atoms with Gasteiger partial charge < -0.3 is 15.4 Å². The third-order valence-corrected chi connectivity index (χ3v) is 3.86. The van der Waals surface area contributed by atoms with Gasteiger partial charge in [-0.15, -0.1) is 24.0 Å². The molecule has 26 heavy (non-hydrogen) atoms. The molecular formula is C19H30IN5O. The van der Waals surface area contributed by atoms with Gasteiger partial charge in [0.1, 0.15) is 0 Å². The Morgan fingerprint density at radius 2 is 2.00 bits per heavy atom. The van der Waals surface area contributed by atoms with Crippen molar-refractivity contribution in [2.24, 2.45) is 4.99 Å². The summed E-state index contributed by atoms with van der Waals surface area (Å²) >= 11 is 0. The fourth-order valence-electron chi connectivity index (χ4n) is 2.66. The van der Waals surface area contributed by atoms with Crippen LogP contribution < -0.4 is 10.6 Å². The standard InChI is InChI=1S/C19H29N5O.HI/c1-5-25-12-8-11-21-19(20-4)22-14-17-9-6-7-10-18(17)24-16(3)13-15(2)23-24;/h6-7,9-10,13H,5,8,11-12,14H2,1-4H3,(H2,20,21,22);1H. The highest BCUT2D eigenvalue weighted by atomic mass is 127. The summed E-state index contributed by atoms with van der Waals surface area (Å²) in [6.07, 6.45) is 0.955. The van der Waals surface area contributed by atoms with Gasteiger partial charge in [-0.3, -0.25) is 4.99 Å². The second-order valence-electron chi connectivity index (χ2n) is 5.87. The molecule has 0 spiro atoms. The van der Waals surface area contributed by atoms with E-state index in [9.17, 15) is 0 Å². The lowest BCUT2D eigenvalue weighted by atomic mass is 10.1. The number of guanidine groups is 1. The first-order chi connectivity index (χ1) is 12.2. The topological polar surface area (TPSA) is 63.5 Å². The molecule has 0 radical (unpaired) electrons. The Hall–Kier alpha value is -1.61. The maximum Gasteiger partial charge on any atom is 0.191 e. The minimum atomic E-state index is 0. The van der Waals surface area contributed by atoms with Crippen molar-refractivity contribution in [3.63, 3.8) is 0 Å². The number of nitrogens with one attached hydrogen (secondary N) is 2. The van der Waals surface area contributed by atoms with Crippen LogP contribution in [0.25, 0.3) is 5.69 Å². The van der Waals surface area contributed by atoms with Gasteiger partial charge in [-0.05, 0) is 44.9 Å². The van der Waals surface area contributed by atoms with E-state index in [1.165, 1.54) is 5.56 Å². The quantitative estimate of drug-likeness (QED) is 0.269. The van der Waals surface area contributed by atoms with Gasteiger partial charge in [-0.1, -0.05) is 18.2 Å². The molecule has 2 N–H and O–H groups in total. The minimum Gasteiger partial charge on any atom is -0.382 e. The number of aryl methyl sites for hydroxylation is 2. The second-order valence-corrected chi connectivity index (χ2v) is 5.87. The van der Waals surface area contributed by atoms with E-state index in [0.717, 1.165) is 49.2 Å². The predicted molar refractivity (Wildman–Crippen MR) is 118 cm³/mol. The largest absolute Gasteiger partial charge is 0.382 e. The number of halogens is 1. The van der Waals surface area contributed by atoms with Gasteiger partial charge in [-0.2, -0.15) is 5.10 Å². The van der Waals surface area contributed by atoms with Crippen molar-refractivity contribution in [3.8, 4) is 5.69 Å². The van der Waals surface area contributed by atoms with Crippen LogP contribution in [-0.2, 0) is 11.3 Å². The van der Waals surface area contributed by atoms with Gasteiger partial charge in [0.25, 0.3) is 0 Å². The van der Waals surface area contributed by atoms with Gasteiger partial charge in [0, 0.05) is 39.0 Å². The lowest BCUT2D eigenvalue weighted by Gasteiger charge is -2.15. The van der Waals surface area contributed by atoms with E-state index < -0.39 is 0 Å². The van der Waals surface area contributed by atoms with Gasteiger partial charge in [0.15, 0.2) is 5.96 Å². The van der Waals surface area contributed by atoms with Crippen LogP contribution in [0.15, 0.2) is 35.3 Å². The van der Waals surface area contributed by atoms with Crippen molar-refractivity contribution in [2.75, 3.05) is 26.8 Å². The Morgan fingerprint density at radius 1 is 1.23 bits per heavy atom. The van der Waals surface area contributed by atoms with Crippen molar-refractivity contribution in [1.82, 2.24) is 20.4 Å². The molecule has 0 atom stereocenters. The Labute approximate surface area is 173 Å². The molecule has 6 nitrogen and oxygen atoms in total. The van der Waals surface area contributed by atoms with E-state index in [0.29, 0.717) is 6.54 Å². The molecule has 0 aliphatic carbocycles. The lowest BCUT2D eigenvalue weighted by Crippen LogP contribution is -2.37. The molecule has 144 valence electrons. The summed E-state index contributed by atoms with van der Waals surface area (Å²) in [4.78, 5) is 4.28. The molecule has 1 aromatic heterocycles. The van der Waals surface area contributed by atoms with Gasteiger partial charge in [0.05, 0.1) is 11.4 Å². The highest BCUT2D eigenvalue weighted by Gasteiger charge is 2.09. The van der Waals surface area contributed by atoms with E-state index in [1.54, 1.807) is 7.05 Å². The van der Waals surface area contributed by atoms with Crippen LogP contribution in [0.5, 0.6) is 0 Å². The van der Waals surface area contributed by atoms with Crippen LogP contribution in [0.2, 0.25) is 0 Å². The summed E-state index contributed by atoms with van der Waals surface area (Å²) in [5.41, 5.74) is 4.41. The highest BCUT2D eigenvalue weighted by Crippen LogP contribution is 2.16. The van der Waals surface area contributed by atoms with Crippen molar-refractivity contribution < 1.29 is 4.74 Å². The molecule has 1 aromatic carbocycles. The van der Waals surface area contributed by atoms with Gasteiger partial charge >= 0.3 is 0 Å². The summed E-state index contributed by atoms with van der Waals surface area (Å²) < 4.78 is 7.34. The third-order valence-electron chi connectivity index (χ3n) is 3.86. The van der Waals surface area contributed by atoms with E-state index in [4.69, 9.17) is 4.74 Å². The Kier molecular flexibility index (Phi) is 10.3. The molecule has 0 unspecified atom stereocenters. The molecular weight excluding hydrogens is 441 g/mol. The number of aliphatic imine (C=N–C) groups is 1. The van der Waals surface area contributed by atoms with E-state index in [-0.39, 0.29) is 24.0 Å². The molecule has 0 saturated heterocycles. The smallest absolute Gasteiger partial charge is 0.191 e. The maximum absolute atomic E-state index is 5.35. The van der Waals surface area contributed by atoms with Crippen LogP contribution >= 0.6 is 24.0 Å². The van der Waals surface area contributed by atoms with Crippen LogP contribution in [0.3, 0.4) is 0 Å². The van der Waals surface area contributed by atoms with Crippen LogP contribution in [0, 0.1) is 13.8 Å². The zero-order chi connectivity index (χ0) is 18.1. The molecule has 2 aromatic rings. The molecule has 0 aliphatic heterocycles. The SMILES string of the molecule is CCOCCCNC(=NC)NCc1ccccc1-n1nc(C)cc1C.I. The van der Waals surface area contributed by atoms with Crippen molar-refractivity contribution in [1.29, 1.82) is 0 Å². The summed E-state index contributed by atoms with van der Waals surface area (Å²) in [5, 5.41) is 11.3. The van der Waals surface area contributed by atoms with Gasteiger partial charge in [0.2, 0.25) is 0 Å². The van der Waals surface area contributed by atoms with Crippen molar-refractivity contribution in [3.05, 3.63) is 47.3 Å². The molecule has 0 bridgehead atoms. The van der Waals surface area contributed by atoms with Crippen LogP contribution in [0.1, 0.15) is 30.3 Å². The van der Waals surface area contributed by atoms with Crippen LogP contribution in [0.4, 0.5) is 0 Å². The van der Waals surface area contributed by atoms with Crippen LogP contribution in [-0.4, -0.2) is 42.5 Å². The average molecular weight is 471 g/mol. The van der Waals surface area contributed by atoms with Crippen molar-refractivity contribution in [2.45, 2.75) is 33.7 Å². The summed E-state index contributed by atoms with van der Waals surface area (Å²) in [7, 11) is 1.78. The number of benzene rings is 1.